The van der Waals surface area contributed by atoms with Gasteiger partial charge in [-0.3, -0.25) is 14.6 Å². The van der Waals surface area contributed by atoms with Gasteiger partial charge in [-0.15, -0.1) is 11.3 Å². The van der Waals surface area contributed by atoms with E-state index in [4.69, 9.17) is 4.52 Å². The third-order valence-electron chi connectivity index (χ3n) is 5.45. The van der Waals surface area contributed by atoms with Crippen molar-refractivity contribution >= 4 is 22.4 Å². The van der Waals surface area contributed by atoms with Gasteiger partial charge in [0, 0.05) is 49.7 Å². The number of rotatable bonds is 6. The number of carbonyl (C=O) groups is 1. The van der Waals surface area contributed by atoms with Gasteiger partial charge in [0.25, 0.3) is 0 Å². The van der Waals surface area contributed by atoms with Gasteiger partial charge in [0.1, 0.15) is 5.76 Å². The highest BCUT2D eigenvalue weighted by atomic mass is 32.1. The fourth-order valence-corrected chi connectivity index (χ4v) is 4.29. The predicted octanol–water partition coefficient (Wildman–Crippen LogP) is 3.48. The van der Waals surface area contributed by atoms with Crippen LogP contribution in [0, 0.1) is 20.8 Å². The number of anilines is 1. The van der Waals surface area contributed by atoms with Crippen LogP contribution in [0.25, 0.3) is 11.3 Å². The van der Waals surface area contributed by atoms with E-state index in [9.17, 15) is 4.79 Å². The molecule has 1 N–H and O–H groups in total. The maximum absolute atomic E-state index is 12.5. The van der Waals surface area contributed by atoms with Gasteiger partial charge in [0.2, 0.25) is 5.91 Å². The van der Waals surface area contributed by atoms with E-state index < -0.39 is 0 Å². The van der Waals surface area contributed by atoms with Gasteiger partial charge in [-0.2, -0.15) is 0 Å². The third-order valence-corrected chi connectivity index (χ3v) is 6.21. The second-order valence-corrected chi connectivity index (χ2v) is 8.72. The van der Waals surface area contributed by atoms with Crippen LogP contribution in [-0.4, -0.2) is 58.6 Å². The number of nitrogens with zero attached hydrogens (tertiary/aromatic N) is 4. The number of benzene rings is 1. The van der Waals surface area contributed by atoms with E-state index in [-0.39, 0.29) is 5.91 Å². The van der Waals surface area contributed by atoms with Gasteiger partial charge in [-0.1, -0.05) is 17.3 Å². The lowest BCUT2D eigenvalue weighted by Gasteiger charge is -2.33. The van der Waals surface area contributed by atoms with Crippen molar-refractivity contribution in [2.24, 2.45) is 0 Å². The van der Waals surface area contributed by atoms with Crippen LogP contribution in [-0.2, 0) is 11.3 Å². The summed E-state index contributed by atoms with van der Waals surface area (Å²) < 4.78 is 5.13. The molecule has 30 heavy (non-hydrogen) atoms. The number of piperazine rings is 1. The molecule has 3 aromatic rings. The molecule has 2 aromatic heterocycles. The fourth-order valence-electron chi connectivity index (χ4n) is 3.55. The zero-order chi connectivity index (χ0) is 21.1. The normalized spacial score (nSPS) is 15.4. The van der Waals surface area contributed by atoms with Crippen molar-refractivity contribution in [2.45, 2.75) is 27.3 Å². The number of carbonyl (C=O) groups excluding carboxylic acids is 1. The smallest absolute Gasteiger partial charge is 0.240 e. The zero-order valence-electron chi connectivity index (χ0n) is 17.6. The Balaban J connectivity index is 1.25. The highest BCUT2D eigenvalue weighted by Crippen LogP contribution is 2.26. The van der Waals surface area contributed by atoms with E-state index in [0.717, 1.165) is 55.4 Å². The number of amides is 1. The van der Waals surface area contributed by atoms with Crippen molar-refractivity contribution in [3.05, 3.63) is 52.2 Å². The lowest BCUT2D eigenvalue weighted by Crippen LogP contribution is -2.48. The minimum atomic E-state index is -0.0171. The number of nitrogens with one attached hydrogen (secondary N) is 1. The Morgan fingerprint density at radius 2 is 1.87 bits per heavy atom. The average Bonchev–Trinajstić information content (AvgIpc) is 3.34. The largest absolute Gasteiger partial charge is 0.361 e. The average molecular weight is 426 g/mol. The van der Waals surface area contributed by atoms with Crippen LogP contribution >= 0.6 is 11.3 Å². The number of thiazole rings is 1. The topological polar surface area (TPSA) is 74.5 Å². The molecule has 1 aliphatic rings. The second-order valence-electron chi connectivity index (χ2n) is 7.87. The first kappa shape index (κ1) is 20.7. The summed E-state index contributed by atoms with van der Waals surface area (Å²) in [6.07, 6.45) is 0. The molecule has 0 spiro atoms. The number of hydrogen-bond donors (Lipinski definition) is 1. The summed E-state index contributed by atoms with van der Waals surface area (Å²) in [6, 6.07) is 8.28. The first-order valence-electron chi connectivity index (χ1n) is 10.2. The molecule has 4 rings (SSSR count). The molecule has 0 saturated carbocycles. The molecular weight excluding hydrogens is 398 g/mol. The van der Waals surface area contributed by atoms with E-state index in [0.29, 0.717) is 11.7 Å². The highest BCUT2D eigenvalue weighted by molar-refractivity contribution is 7.14. The van der Waals surface area contributed by atoms with Gasteiger partial charge >= 0.3 is 0 Å². The predicted molar refractivity (Wildman–Crippen MR) is 119 cm³/mol. The molecule has 1 fully saturated rings. The van der Waals surface area contributed by atoms with Crippen LogP contribution in [0.3, 0.4) is 0 Å². The molecule has 8 heteroatoms. The minimum absolute atomic E-state index is 0.0171. The SMILES string of the molecule is Cc1cc(CN2CCN(CC(=O)Nc3nc(-c4ccc(C)c(C)c4)cs3)CC2)no1. The zero-order valence-corrected chi connectivity index (χ0v) is 18.5. The van der Waals surface area contributed by atoms with Crippen molar-refractivity contribution < 1.29 is 9.32 Å². The fraction of sp³-hybridized carbons (Fsp3) is 0.409. The quantitative estimate of drug-likeness (QED) is 0.652. The third kappa shape index (κ3) is 5.13. The van der Waals surface area contributed by atoms with Crippen LogP contribution in [0.15, 0.2) is 34.2 Å². The lowest BCUT2D eigenvalue weighted by molar-refractivity contribution is -0.117. The van der Waals surface area contributed by atoms with Gasteiger partial charge in [-0.05, 0) is 38.0 Å². The molecule has 1 amide bonds. The van der Waals surface area contributed by atoms with Gasteiger partial charge in [0.05, 0.1) is 17.9 Å². The molecule has 3 heterocycles. The summed E-state index contributed by atoms with van der Waals surface area (Å²) in [5, 5.41) is 9.64. The summed E-state index contributed by atoms with van der Waals surface area (Å²) in [6.45, 7) is 10.8. The monoisotopic (exact) mass is 425 g/mol. The summed E-state index contributed by atoms with van der Waals surface area (Å²) in [7, 11) is 0. The van der Waals surface area contributed by atoms with Crippen LogP contribution < -0.4 is 5.32 Å². The van der Waals surface area contributed by atoms with Crippen LogP contribution in [0.1, 0.15) is 22.6 Å². The molecular formula is C22H27N5O2S. The first-order chi connectivity index (χ1) is 14.5. The maximum Gasteiger partial charge on any atom is 0.240 e. The number of aryl methyl sites for hydroxylation is 3. The molecule has 7 nitrogen and oxygen atoms in total. The Morgan fingerprint density at radius 1 is 1.10 bits per heavy atom. The summed E-state index contributed by atoms with van der Waals surface area (Å²) in [5.74, 6) is 0.819. The summed E-state index contributed by atoms with van der Waals surface area (Å²) >= 11 is 1.46. The number of aromatic nitrogens is 2. The van der Waals surface area contributed by atoms with Crippen LogP contribution in [0.5, 0.6) is 0 Å². The molecule has 0 atom stereocenters. The molecule has 1 saturated heterocycles. The van der Waals surface area contributed by atoms with Crippen LogP contribution in [0.4, 0.5) is 5.13 Å². The van der Waals surface area contributed by atoms with Crippen molar-refractivity contribution in [1.82, 2.24) is 19.9 Å². The second kappa shape index (κ2) is 9.07. The van der Waals surface area contributed by atoms with Gasteiger partial charge in [-0.25, -0.2) is 4.98 Å². The Bertz CT molecular complexity index is 1020. The van der Waals surface area contributed by atoms with Crippen molar-refractivity contribution in [2.75, 3.05) is 38.0 Å². The summed E-state index contributed by atoms with van der Waals surface area (Å²) in [4.78, 5) is 21.6. The van der Waals surface area contributed by atoms with E-state index in [1.54, 1.807) is 0 Å². The maximum atomic E-state index is 12.5. The van der Waals surface area contributed by atoms with E-state index >= 15 is 0 Å². The van der Waals surface area contributed by atoms with Gasteiger partial charge < -0.3 is 9.84 Å². The molecule has 1 aliphatic heterocycles. The highest BCUT2D eigenvalue weighted by Gasteiger charge is 2.20. The molecule has 158 valence electrons. The molecule has 0 bridgehead atoms. The van der Waals surface area contributed by atoms with E-state index in [1.165, 1.54) is 22.5 Å². The lowest BCUT2D eigenvalue weighted by atomic mass is 10.1. The van der Waals surface area contributed by atoms with Crippen LogP contribution in [0.2, 0.25) is 0 Å². The summed E-state index contributed by atoms with van der Waals surface area (Å²) in [5.41, 5.74) is 5.44. The molecule has 0 aliphatic carbocycles. The first-order valence-corrected chi connectivity index (χ1v) is 11.0. The standard InChI is InChI=1S/C22H27N5O2S/c1-15-4-5-18(10-16(15)2)20-14-30-22(23-20)24-21(28)13-27-8-6-26(7-9-27)12-19-11-17(3)29-25-19/h4-5,10-11,14H,6-9,12-13H2,1-3H3,(H,23,24,28). The van der Waals surface area contributed by atoms with E-state index in [2.05, 4.69) is 57.3 Å². The van der Waals surface area contributed by atoms with Gasteiger partial charge in [0.15, 0.2) is 5.13 Å². The van der Waals surface area contributed by atoms with Crippen molar-refractivity contribution in [1.29, 1.82) is 0 Å². The van der Waals surface area contributed by atoms with Crippen molar-refractivity contribution in [3.63, 3.8) is 0 Å². The van der Waals surface area contributed by atoms with E-state index in [1.807, 2.05) is 18.4 Å². The molecule has 0 radical (unpaired) electrons. The Kier molecular flexibility index (Phi) is 6.26. The van der Waals surface area contributed by atoms with Crippen molar-refractivity contribution in [3.8, 4) is 11.3 Å². The Labute approximate surface area is 180 Å². The Morgan fingerprint density at radius 3 is 2.57 bits per heavy atom. The molecule has 0 unspecified atom stereocenters. The molecule has 1 aromatic carbocycles. The minimum Gasteiger partial charge on any atom is -0.361 e. The number of hydrogen-bond acceptors (Lipinski definition) is 7. The Hall–Kier alpha value is -2.55.